The van der Waals surface area contributed by atoms with E-state index in [0.29, 0.717) is 18.0 Å². The molecule has 26 heavy (non-hydrogen) atoms. The standard InChI is InChI=1S/C18H19FN2O4S/c1-12(22)21-11-18(2,3)25-17-8-7-15(10-16(17)21)26(23,24)20-14-6-4-5-13(19)9-14/h4-10,20H,11H2,1-3H3. The van der Waals surface area contributed by atoms with Crippen LogP contribution >= 0.6 is 0 Å². The van der Waals surface area contributed by atoms with Gasteiger partial charge in [-0.05, 0) is 50.2 Å². The molecule has 2 aromatic carbocycles. The zero-order valence-electron chi connectivity index (χ0n) is 14.6. The number of hydrogen-bond acceptors (Lipinski definition) is 4. The summed E-state index contributed by atoms with van der Waals surface area (Å²) in [6.07, 6.45) is 0. The SMILES string of the molecule is CC(=O)N1CC(C)(C)Oc2ccc(S(=O)(=O)Nc3cccc(F)c3)cc21. The van der Waals surface area contributed by atoms with Gasteiger partial charge in [0.1, 0.15) is 17.2 Å². The minimum Gasteiger partial charge on any atom is -0.484 e. The van der Waals surface area contributed by atoms with Crippen LogP contribution in [0.1, 0.15) is 20.8 Å². The zero-order chi connectivity index (χ0) is 19.1. The number of carbonyl (C=O) groups excluding carboxylic acids is 1. The molecule has 138 valence electrons. The quantitative estimate of drug-likeness (QED) is 0.890. The van der Waals surface area contributed by atoms with Gasteiger partial charge in [0.15, 0.2) is 0 Å². The summed E-state index contributed by atoms with van der Waals surface area (Å²) in [5.74, 6) is -0.328. The number of carbonyl (C=O) groups is 1. The van der Waals surface area contributed by atoms with E-state index < -0.39 is 21.4 Å². The number of ether oxygens (including phenoxy) is 1. The molecule has 1 aliphatic rings. The van der Waals surface area contributed by atoms with Crippen LogP contribution in [0.15, 0.2) is 47.4 Å². The molecular formula is C18H19FN2O4S. The van der Waals surface area contributed by atoms with E-state index in [1.165, 1.54) is 48.2 Å². The van der Waals surface area contributed by atoms with E-state index >= 15 is 0 Å². The molecule has 0 unspecified atom stereocenters. The average Bonchev–Trinajstić information content (AvgIpc) is 2.52. The minimum absolute atomic E-state index is 0.0462. The summed E-state index contributed by atoms with van der Waals surface area (Å²) in [5.41, 5.74) is -0.0822. The molecule has 0 aliphatic carbocycles. The number of halogens is 1. The van der Waals surface area contributed by atoms with Crippen LogP contribution in [0.3, 0.4) is 0 Å². The molecule has 1 heterocycles. The molecule has 3 rings (SSSR count). The summed E-state index contributed by atoms with van der Waals surface area (Å²) >= 11 is 0. The highest BCUT2D eigenvalue weighted by molar-refractivity contribution is 7.92. The fraction of sp³-hybridized carbons (Fsp3) is 0.278. The maximum absolute atomic E-state index is 13.3. The molecule has 0 saturated heterocycles. The maximum Gasteiger partial charge on any atom is 0.261 e. The van der Waals surface area contributed by atoms with Crippen molar-refractivity contribution in [2.24, 2.45) is 0 Å². The van der Waals surface area contributed by atoms with Gasteiger partial charge in [-0.2, -0.15) is 0 Å². The molecule has 2 aromatic rings. The van der Waals surface area contributed by atoms with Gasteiger partial charge in [-0.1, -0.05) is 6.07 Å². The van der Waals surface area contributed by atoms with Crippen molar-refractivity contribution in [3.05, 3.63) is 48.3 Å². The van der Waals surface area contributed by atoms with E-state index in [1.54, 1.807) is 0 Å². The zero-order valence-corrected chi connectivity index (χ0v) is 15.4. The van der Waals surface area contributed by atoms with Crippen molar-refractivity contribution in [2.45, 2.75) is 31.3 Å². The van der Waals surface area contributed by atoms with Gasteiger partial charge < -0.3 is 9.64 Å². The minimum atomic E-state index is -3.95. The van der Waals surface area contributed by atoms with Crippen LogP contribution in [0.5, 0.6) is 5.75 Å². The Hall–Kier alpha value is -2.61. The molecular weight excluding hydrogens is 359 g/mol. The molecule has 0 radical (unpaired) electrons. The van der Waals surface area contributed by atoms with E-state index in [9.17, 15) is 17.6 Å². The number of nitrogens with zero attached hydrogens (tertiary/aromatic N) is 1. The van der Waals surface area contributed by atoms with Crippen LogP contribution in [-0.2, 0) is 14.8 Å². The van der Waals surface area contributed by atoms with E-state index in [1.807, 2.05) is 13.8 Å². The fourth-order valence-electron chi connectivity index (χ4n) is 2.80. The Kier molecular flexibility index (Phi) is 4.39. The summed E-state index contributed by atoms with van der Waals surface area (Å²) in [4.78, 5) is 13.4. The number of nitrogens with one attached hydrogen (secondary N) is 1. The van der Waals surface area contributed by atoms with Crippen LogP contribution in [-0.4, -0.2) is 26.5 Å². The van der Waals surface area contributed by atoms with Gasteiger partial charge in [-0.15, -0.1) is 0 Å². The van der Waals surface area contributed by atoms with Crippen LogP contribution in [0.25, 0.3) is 0 Å². The third-order valence-corrected chi connectivity index (χ3v) is 5.29. The first-order valence-electron chi connectivity index (χ1n) is 7.97. The van der Waals surface area contributed by atoms with Crippen molar-refractivity contribution < 1.29 is 22.3 Å². The topological polar surface area (TPSA) is 75.7 Å². The van der Waals surface area contributed by atoms with Crippen LogP contribution < -0.4 is 14.4 Å². The third-order valence-electron chi connectivity index (χ3n) is 3.91. The van der Waals surface area contributed by atoms with Crippen molar-refractivity contribution in [1.29, 1.82) is 0 Å². The molecule has 1 N–H and O–H groups in total. The molecule has 0 aromatic heterocycles. The van der Waals surface area contributed by atoms with E-state index in [2.05, 4.69) is 4.72 Å². The Bertz CT molecular complexity index is 973. The highest BCUT2D eigenvalue weighted by Gasteiger charge is 2.34. The number of amides is 1. The normalized spacial score (nSPS) is 15.8. The predicted molar refractivity (Wildman–Crippen MR) is 96.4 cm³/mol. The molecule has 0 saturated carbocycles. The van der Waals surface area contributed by atoms with Crippen molar-refractivity contribution >= 4 is 27.3 Å². The van der Waals surface area contributed by atoms with Crippen molar-refractivity contribution in [2.75, 3.05) is 16.2 Å². The number of fused-ring (bicyclic) bond motifs is 1. The smallest absolute Gasteiger partial charge is 0.261 e. The molecule has 0 fully saturated rings. The Morgan fingerprint density at radius 1 is 1.23 bits per heavy atom. The monoisotopic (exact) mass is 378 g/mol. The largest absolute Gasteiger partial charge is 0.484 e. The lowest BCUT2D eigenvalue weighted by Gasteiger charge is -2.39. The molecule has 1 aliphatic heterocycles. The van der Waals surface area contributed by atoms with Gasteiger partial charge in [-0.3, -0.25) is 9.52 Å². The van der Waals surface area contributed by atoms with Crippen molar-refractivity contribution in [3.63, 3.8) is 0 Å². The number of hydrogen-bond donors (Lipinski definition) is 1. The van der Waals surface area contributed by atoms with Crippen LogP contribution in [0.2, 0.25) is 0 Å². The third kappa shape index (κ3) is 3.65. The molecule has 6 nitrogen and oxygen atoms in total. The van der Waals surface area contributed by atoms with Gasteiger partial charge >= 0.3 is 0 Å². The first-order chi connectivity index (χ1) is 12.1. The van der Waals surface area contributed by atoms with Gasteiger partial charge in [0, 0.05) is 6.92 Å². The predicted octanol–water partition coefficient (Wildman–Crippen LogP) is 3.15. The van der Waals surface area contributed by atoms with Crippen LogP contribution in [0.4, 0.5) is 15.8 Å². The summed E-state index contributed by atoms with van der Waals surface area (Å²) in [6.45, 7) is 5.41. The second-order valence-corrected chi connectivity index (χ2v) is 8.39. The van der Waals surface area contributed by atoms with Crippen molar-refractivity contribution in [3.8, 4) is 5.75 Å². The summed E-state index contributed by atoms with van der Waals surface area (Å²) < 4.78 is 46.7. The van der Waals surface area contributed by atoms with Gasteiger partial charge in [0.2, 0.25) is 5.91 Å². The van der Waals surface area contributed by atoms with Crippen LogP contribution in [0, 0.1) is 5.82 Å². The Labute approximate surface area is 151 Å². The van der Waals surface area contributed by atoms with Gasteiger partial charge in [0.25, 0.3) is 10.0 Å². The lowest BCUT2D eigenvalue weighted by molar-refractivity contribution is -0.117. The molecule has 0 bridgehead atoms. The van der Waals surface area contributed by atoms with Gasteiger partial charge in [0.05, 0.1) is 22.8 Å². The lowest BCUT2D eigenvalue weighted by Crippen LogP contribution is -2.48. The number of sulfonamides is 1. The van der Waals surface area contributed by atoms with E-state index in [4.69, 9.17) is 4.74 Å². The second kappa shape index (κ2) is 6.28. The Morgan fingerprint density at radius 3 is 2.62 bits per heavy atom. The summed E-state index contributed by atoms with van der Waals surface area (Å²) in [6, 6.07) is 9.46. The summed E-state index contributed by atoms with van der Waals surface area (Å²) in [5, 5.41) is 0. The molecule has 0 atom stereocenters. The molecule has 0 spiro atoms. The Balaban J connectivity index is 2.00. The number of benzene rings is 2. The van der Waals surface area contributed by atoms with Gasteiger partial charge in [-0.25, -0.2) is 12.8 Å². The average molecular weight is 378 g/mol. The number of rotatable bonds is 3. The first-order valence-corrected chi connectivity index (χ1v) is 9.45. The second-order valence-electron chi connectivity index (χ2n) is 6.71. The fourth-order valence-corrected chi connectivity index (χ4v) is 3.87. The summed E-state index contributed by atoms with van der Waals surface area (Å²) in [7, 11) is -3.95. The van der Waals surface area contributed by atoms with Crippen molar-refractivity contribution in [1.82, 2.24) is 0 Å². The molecule has 1 amide bonds. The Morgan fingerprint density at radius 2 is 1.96 bits per heavy atom. The highest BCUT2D eigenvalue weighted by Crippen LogP contribution is 2.38. The lowest BCUT2D eigenvalue weighted by atomic mass is 10.1. The van der Waals surface area contributed by atoms with E-state index in [-0.39, 0.29) is 16.5 Å². The van der Waals surface area contributed by atoms with E-state index in [0.717, 1.165) is 6.07 Å². The number of anilines is 2. The first kappa shape index (κ1) is 18.2. The molecule has 8 heteroatoms. The highest BCUT2D eigenvalue weighted by atomic mass is 32.2. The maximum atomic E-state index is 13.3.